The molecule has 0 amide bonds. The number of rotatable bonds is 5. The molecule has 1 aliphatic rings. The van der Waals surface area contributed by atoms with E-state index in [1.807, 2.05) is 18.2 Å². The third-order valence-electron chi connectivity index (χ3n) is 2.22. The van der Waals surface area contributed by atoms with Gasteiger partial charge in [-0.2, -0.15) is 0 Å². The van der Waals surface area contributed by atoms with Crippen molar-refractivity contribution < 1.29 is 4.42 Å². The fourth-order valence-electron chi connectivity index (χ4n) is 1.25. The summed E-state index contributed by atoms with van der Waals surface area (Å²) in [5, 5.41) is 3.38. The van der Waals surface area contributed by atoms with Gasteiger partial charge in [0.05, 0.1) is 6.26 Å². The van der Waals surface area contributed by atoms with Crippen molar-refractivity contribution in [3.05, 3.63) is 30.2 Å². The van der Waals surface area contributed by atoms with E-state index in [4.69, 9.17) is 4.42 Å². The Morgan fingerprint density at radius 3 is 3.15 bits per heavy atom. The Morgan fingerprint density at radius 1 is 1.54 bits per heavy atom. The van der Waals surface area contributed by atoms with Crippen LogP contribution in [0.25, 0.3) is 6.08 Å². The van der Waals surface area contributed by atoms with Gasteiger partial charge in [0.2, 0.25) is 0 Å². The summed E-state index contributed by atoms with van der Waals surface area (Å²) < 4.78 is 5.16. The van der Waals surface area contributed by atoms with E-state index in [1.54, 1.807) is 6.26 Å². The molecular formula is C11H15NO. The maximum atomic E-state index is 5.16. The second-order valence-corrected chi connectivity index (χ2v) is 3.52. The van der Waals surface area contributed by atoms with E-state index in [2.05, 4.69) is 11.4 Å². The molecule has 70 valence electrons. The van der Waals surface area contributed by atoms with Crippen LogP contribution >= 0.6 is 0 Å². The van der Waals surface area contributed by atoms with E-state index in [0.717, 1.165) is 18.2 Å². The fourth-order valence-corrected chi connectivity index (χ4v) is 1.25. The van der Waals surface area contributed by atoms with E-state index in [0.29, 0.717) is 0 Å². The number of hydrogen-bond donors (Lipinski definition) is 1. The van der Waals surface area contributed by atoms with Gasteiger partial charge in [0, 0.05) is 6.54 Å². The molecule has 0 spiro atoms. The predicted octanol–water partition coefficient (Wildman–Crippen LogP) is 2.29. The highest BCUT2D eigenvalue weighted by molar-refractivity contribution is 5.42. The van der Waals surface area contributed by atoms with Crippen LogP contribution in [-0.2, 0) is 0 Å². The van der Waals surface area contributed by atoms with E-state index in [1.165, 1.54) is 19.4 Å². The lowest BCUT2D eigenvalue weighted by Gasteiger charge is -1.96. The molecule has 2 nitrogen and oxygen atoms in total. The number of nitrogens with one attached hydrogen (secondary N) is 1. The molecule has 0 atom stereocenters. The Labute approximate surface area is 78.6 Å². The zero-order valence-corrected chi connectivity index (χ0v) is 7.70. The average Bonchev–Trinajstić information content (AvgIpc) is 2.81. The molecule has 0 unspecified atom stereocenters. The third-order valence-corrected chi connectivity index (χ3v) is 2.22. The maximum Gasteiger partial charge on any atom is 0.126 e. The minimum Gasteiger partial charge on any atom is -0.465 e. The van der Waals surface area contributed by atoms with Gasteiger partial charge >= 0.3 is 0 Å². The van der Waals surface area contributed by atoms with Gasteiger partial charge in [0.1, 0.15) is 5.76 Å². The Morgan fingerprint density at radius 2 is 2.46 bits per heavy atom. The van der Waals surface area contributed by atoms with Gasteiger partial charge in [-0.1, -0.05) is 6.08 Å². The molecule has 1 aromatic heterocycles. The molecule has 1 heterocycles. The molecule has 13 heavy (non-hydrogen) atoms. The minimum atomic E-state index is 0.924. The number of furan rings is 1. The molecule has 2 rings (SSSR count). The van der Waals surface area contributed by atoms with Crippen molar-refractivity contribution in [1.82, 2.24) is 5.32 Å². The highest BCUT2D eigenvalue weighted by Crippen LogP contribution is 2.27. The third kappa shape index (κ3) is 3.07. The molecule has 1 aromatic rings. The Kier molecular flexibility index (Phi) is 2.82. The first-order valence-corrected chi connectivity index (χ1v) is 4.86. The largest absolute Gasteiger partial charge is 0.465 e. The van der Waals surface area contributed by atoms with Crippen LogP contribution in [0.1, 0.15) is 18.6 Å². The van der Waals surface area contributed by atoms with E-state index >= 15 is 0 Å². The molecule has 1 saturated carbocycles. The van der Waals surface area contributed by atoms with Gasteiger partial charge in [-0.15, -0.1) is 0 Å². The number of hydrogen-bond acceptors (Lipinski definition) is 2. The lowest BCUT2D eigenvalue weighted by Crippen LogP contribution is -2.16. The summed E-state index contributed by atoms with van der Waals surface area (Å²) >= 11 is 0. The van der Waals surface area contributed by atoms with Crippen molar-refractivity contribution in [2.24, 2.45) is 5.92 Å². The zero-order valence-electron chi connectivity index (χ0n) is 7.70. The summed E-state index contributed by atoms with van der Waals surface area (Å²) in [5.74, 6) is 1.88. The van der Waals surface area contributed by atoms with Crippen molar-refractivity contribution in [2.45, 2.75) is 12.8 Å². The van der Waals surface area contributed by atoms with Gasteiger partial charge < -0.3 is 9.73 Å². The van der Waals surface area contributed by atoms with Gasteiger partial charge in [0.15, 0.2) is 0 Å². The molecule has 0 aromatic carbocycles. The molecule has 1 N–H and O–H groups in total. The van der Waals surface area contributed by atoms with Crippen molar-refractivity contribution in [3.63, 3.8) is 0 Å². The van der Waals surface area contributed by atoms with Gasteiger partial charge in [-0.05, 0) is 43.5 Å². The first-order chi connectivity index (χ1) is 6.45. The van der Waals surface area contributed by atoms with Crippen LogP contribution in [0, 0.1) is 5.92 Å². The van der Waals surface area contributed by atoms with Crippen LogP contribution in [-0.4, -0.2) is 13.1 Å². The second-order valence-electron chi connectivity index (χ2n) is 3.52. The standard InChI is InChI=1S/C11H15NO/c1(3-11-4-2-8-13-11)7-12-9-10-5-6-10/h1-4,8,10,12H,5-7,9H2/b3-1+. The molecule has 0 saturated heterocycles. The van der Waals surface area contributed by atoms with Crippen LogP contribution in [0.15, 0.2) is 28.9 Å². The maximum absolute atomic E-state index is 5.16. The minimum absolute atomic E-state index is 0.924. The van der Waals surface area contributed by atoms with Crippen LogP contribution in [0.5, 0.6) is 0 Å². The van der Waals surface area contributed by atoms with Crippen molar-refractivity contribution >= 4 is 6.08 Å². The molecule has 1 fully saturated rings. The zero-order chi connectivity index (χ0) is 8.93. The smallest absolute Gasteiger partial charge is 0.126 e. The first-order valence-electron chi connectivity index (χ1n) is 4.86. The van der Waals surface area contributed by atoms with E-state index < -0.39 is 0 Å². The molecule has 0 bridgehead atoms. The van der Waals surface area contributed by atoms with Gasteiger partial charge in [-0.3, -0.25) is 0 Å². The van der Waals surface area contributed by atoms with Crippen LogP contribution < -0.4 is 5.32 Å². The molecular weight excluding hydrogens is 162 g/mol. The SMILES string of the molecule is C(=C\c1ccco1)/CNCC1CC1. The van der Waals surface area contributed by atoms with Crippen molar-refractivity contribution in [2.75, 3.05) is 13.1 Å². The first kappa shape index (κ1) is 8.57. The Hall–Kier alpha value is -1.02. The van der Waals surface area contributed by atoms with E-state index in [-0.39, 0.29) is 0 Å². The quantitative estimate of drug-likeness (QED) is 0.698. The van der Waals surface area contributed by atoms with Gasteiger partial charge in [-0.25, -0.2) is 0 Å². The fraction of sp³-hybridized carbons (Fsp3) is 0.455. The second kappa shape index (κ2) is 4.28. The topological polar surface area (TPSA) is 25.2 Å². The normalized spacial score (nSPS) is 16.9. The summed E-state index contributed by atoms with van der Waals surface area (Å²) in [6.45, 7) is 2.11. The molecule has 1 aliphatic carbocycles. The van der Waals surface area contributed by atoms with E-state index in [9.17, 15) is 0 Å². The summed E-state index contributed by atoms with van der Waals surface area (Å²) in [4.78, 5) is 0. The Balaban J connectivity index is 1.61. The Bertz CT molecular complexity index is 260. The highest BCUT2D eigenvalue weighted by atomic mass is 16.3. The summed E-state index contributed by atoms with van der Waals surface area (Å²) in [7, 11) is 0. The van der Waals surface area contributed by atoms with Gasteiger partial charge in [0.25, 0.3) is 0 Å². The average molecular weight is 177 g/mol. The van der Waals surface area contributed by atoms with Crippen molar-refractivity contribution in [3.8, 4) is 0 Å². The highest BCUT2D eigenvalue weighted by Gasteiger charge is 2.19. The lowest BCUT2D eigenvalue weighted by atomic mass is 10.4. The summed E-state index contributed by atoms with van der Waals surface area (Å²) in [6.07, 6.45) is 8.61. The molecule has 0 radical (unpaired) electrons. The molecule has 2 heteroatoms. The molecule has 0 aliphatic heterocycles. The van der Waals surface area contributed by atoms with Crippen LogP contribution in [0.4, 0.5) is 0 Å². The summed E-state index contributed by atoms with van der Waals surface area (Å²) in [6, 6.07) is 3.86. The van der Waals surface area contributed by atoms with Crippen molar-refractivity contribution in [1.29, 1.82) is 0 Å². The van der Waals surface area contributed by atoms with Crippen LogP contribution in [0.2, 0.25) is 0 Å². The monoisotopic (exact) mass is 177 g/mol. The predicted molar refractivity (Wildman–Crippen MR) is 53.3 cm³/mol. The van der Waals surface area contributed by atoms with Crippen LogP contribution in [0.3, 0.4) is 0 Å². The lowest BCUT2D eigenvalue weighted by molar-refractivity contribution is 0.556. The summed E-state index contributed by atoms with van der Waals surface area (Å²) in [5.41, 5.74) is 0.